The molecule has 0 aliphatic carbocycles. The lowest BCUT2D eigenvalue weighted by atomic mass is 10.1. The number of thiazole rings is 1. The Morgan fingerprint density at radius 3 is 3.15 bits per heavy atom. The van der Waals surface area contributed by atoms with Crippen molar-refractivity contribution in [2.24, 2.45) is 5.92 Å². The highest BCUT2D eigenvalue weighted by atomic mass is 32.1. The highest BCUT2D eigenvalue weighted by molar-refractivity contribution is 7.18. The van der Waals surface area contributed by atoms with Gasteiger partial charge in [-0.1, -0.05) is 12.1 Å². The van der Waals surface area contributed by atoms with Crippen LogP contribution in [0.2, 0.25) is 0 Å². The van der Waals surface area contributed by atoms with Crippen LogP contribution >= 0.6 is 11.3 Å². The van der Waals surface area contributed by atoms with Gasteiger partial charge >= 0.3 is 0 Å². The fourth-order valence-corrected chi connectivity index (χ4v) is 3.31. The Morgan fingerprint density at radius 1 is 1.45 bits per heavy atom. The molecule has 1 saturated heterocycles. The van der Waals surface area contributed by atoms with Crippen LogP contribution in [-0.2, 0) is 16.0 Å². The van der Waals surface area contributed by atoms with Gasteiger partial charge in [-0.2, -0.15) is 0 Å². The van der Waals surface area contributed by atoms with Gasteiger partial charge in [0.1, 0.15) is 0 Å². The molecular formula is C15H18N2O2S. The van der Waals surface area contributed by atoms with Crippen LogP contribution in [0.3, 0.4) is 0 Å². The molecule has 20 heavy (non-hydrogen) atoms. The number of nitrogens with one attached hydrogen (secondary N) is 1. The van der Waals surface area contributed by atoms with Crippen LogP contribution in [0.15, 0.2) is 24.3 Å². The molecule has 5 heteroatoms. The van der Waals surface area contributed by atoms with Crippen molar-refractivity contribution in [2.75, 3.05) is 19.8 Å². The van der Waals surface area contributed by atoms with E-state index in [1.165, 1.54) is 4.70 Å². The molecule has 3 rings (SSSR count). The molecule has 1 aliphatic heterocycles. The molecule has 106 valence electrons. The van der Waals surface area contributed by atoms with Gasteiger partial charge in [-0.25, -0.2) is 4.98 Å². The lowest BCUT2D eigenvalue weighted by Gasteiger charge is -2.08. The molecule has 0 saturated carbocycles. The number of carbonyl (C=O) groups is 1. The van der Waals surface area contributed by atoms with E-state index < -0.39 is 0 Å². The van der Waals surface area contributed by atoms with Crippen LogP contribution in [0.1, 0.15) is 17.8 Å². The van der Waals surface area contributed by atoms with E-state index in [1.807, 2.05) is 18.2 Å². The van der Waals surface area contributed by atoms with Crippen molar-refractivity contribution < 1.29 is 9.53 Å². The van der Waals surface area contributed by atoms with Gasteiger partial charge in [0.05, 0.1) is 21.8 Å². The number of para-hydroxylation sites is 1. The highest BCUT2D eigenvalue weighted by Crippen LogP contribution is 2.22. The summed E-state index contributed by atoms with van der Waals surface area (Å²) < 4.78 is 6.48. The predicted octanol–water partition coefficient (Wildman–Crippen LogP) is 2.38. The minimum absolute atomic E-state index is 0.108. The van der Waals surface area contributed by atoms with Crippen LogP contribution in [0.25, 0.3) is 10.2 Å². The van der Waals surface area contributed by atoms with Crippen LogP contribution < -0.4 is 5.32 Å². The molecule has 0 spiro atoms. The molecule has 0 unspecified atom stereocenters. The lowest BCUT2D eigenvalue weighted by molar-refractivity contribution is -0.121. The molecule has 1 N–H and O–H groups in total. The summed E-state index contributed by atoms with van der Waals surface area (Å²) in [5.74, 6) is 0.595. The molecule has 1 atom stereocenters. The number of fused-ring (bicyclic) bond motifs is 1. The second-order valence-corrected chi connectivity index (χ2v) is 6.22. The quantitative estimate of drug-likeness (QED) is 0.920. The van der Waals surface area contributed by atoms with E-state index >= 15 is 0 Å². The highest BCUT2D eigenvalue weighted by Gasteiger charge is 2.16. The first-order valence-corrected chi connectivity index (χ1v) is 7.82. The number of carbonyl (C=O) groups excluding carboxylic acids is 1. The number of ether oxygens (including phenoxy) is 1. The van der Waals surface area contributed by atoms with Crippen molar-refractivity contribution in [2.45, 2.75) is 19.3 Å². The van der Waals surface area contributed by atoms with E-state index in [4.69, 9.17) is 4.74 Å². The van der Waals surface area contributed by atoms with Gasteiger partial charge < -0.3 is 10.1 Å². The summed E-state index contributed by atoms with van der Waals surface area (Å²) in [6, 6.07) is 8.08. The first kappa shape index (κ1) is 13.5. The summed E-state index contributed by atoms with van der Waals surface area (Å²) >= 11 is 1.67. The zero-order chi connectivity index (χ0) is 13.8. The number of amides is 1. The predicted molar refractivity (Wildman–Crippen MR) is 79.9 cm³/mol. The first-order chi connectivity index (χ1) is 9.81. The third-order valence-electron chi connectivity index (χ3n) is 3.52. The Balaban J connectivity index is 1.47. The monoisotopic (exact) mass is 290 g/mol. The Hall–Kier alpha value is -1.46. The van der Waals surface area contributed by atoms with Crippen molar-refractivity contribution >= 4 is 27.5 Å². The Labute approximate surface area is 122 Å². The smallest absolute Gasteiger partial charge is 0.220 e. The number of benzene rings is 1. The van der Waals surface area contributed by atoms with Crippen molar-refractivity contribution in [3.8, 4) is 0 Å². The first-order valence-electron chi connectivity index (χ1n) is 7.00. The van der Waals surface area contributed by atoms with Gasteiger partial charge in [-0.05, 0) is 18.6 Å². The molecule has 4 nitrogen and oxygen atoms in total. The largest absolute Gasteiger partial charge is 0.381 e. The van der Waals surface area contributed by atoms with E-state index in [-0.39, 0.29) is 5.91 Å². The molecule has 1 amide bonds. The number of nitrogens with zero attached hydrogens (tertiary/aromatic N) is 1. The van der Waals surface area contributed by atoms with E-state index in [1.54, 1.807) is 11.3 Å². The minimum atomic E-state index is 0.108. The summed E-state index contributed by atoms with van der Waals surface area (Å²) in [4.78, 5) is 16.4. The summed E-state index contributed by atoms with van der Waals surface area (Å²) in [6.45, 7) is 2.34. The maximum atomic E-state index is 11.8. The number of hydrogen-bond donors (Lipinski definition) is 1. The minimum Gasteiger partial charge on any atom is -0.381 e. The maximum absolute atomic E-state index is 11.8. The van der Waals surface area contributed by atoms with E-state index in [0.29, 0.717) is 18.8 Å². The third-order valence-corrected chi connectivity index (χ3v) is 4.61. The second-order valence-electron chi connectivity index (χ2n) is 5.11. The van der Waals surface area contributed by atoms with Gasteiger partial charge in [0, 0.05) is 31.9 Å². The molecule has 1 aromatic carbocycles. The third kappa shape index (κ3) is 3.35. The summed E-state index contributed by atoms with van der Waals surface area (Å²) in [5.41, 5.74) is 1.02. The molecule has 1 fully saturated rings. The molecule has 0 radical (unpaired) electrons. The van der Waals surface area contributed by atoms with Crippen LogP contribution in [0.4, 0.5) is 0 Å². The second kappa shape index (κ2) is 6.33. The van der Waals surface area contributed by atoms with E-state index in [2.05, 4.69) is 16.4 Å². The standard InChI is InChI=1S/C15H18N2O2S/c18-14(16-9-11-7-8-19-10-11)5-6-15-17-12-3-1-2-4-13(12)20-15/h1-4,11H,5-10H2,(H,16,18)/t11-/m1/s1. The van der Waals surface area contributed by atoms with Gasteiger partial charge in [-0.15, -0.1) is 11.3 Å². The van der Waals surface area contributed by atoms with Crippen LogP contribution in [0, 0.1) is 5.92 Å². The average Bonchev–Trinajstić information content (AvgIpc) is 3.11. The molecule has 1 aliphatic rings. The van der Waals surface area contributed by atoms with E-state index in [9.17, 15) is 4.79 Å². The topological polar surface area (TPSA) is 51.2 Å². The molecular weight excluding hydrogens is 272 g/mol. The van der Waals surface area contributed by atoms with E-state index in [0.717, 1.165) is 36.7 Å². The average molecular weight is 290 g/mol. The Bertz CT molecular complexity index is 557. The summed E-state index contributed by atoms with van der Waals surface area (Å²) in [5, 5.41) is 4.02. The number of aryl methyl sites for hydroxylation is 1. The van der Waals surface area contributed by atoms with Gasteiger partial charge in [0.15, 0.2) is 0 Å². The Kier molecular flexibility index (Phi) is 4.28. The maximum Gasteiger partial charge on any atom is 0.220 e. The van der Waals surface area contributed by atoms with Crippen molar-refractivity contribution in [3.63, 3.8) is 0 Å². The lowest BCUT2D eigenvalue weighted by Crippen LogP contribution is -2.29. The molecule has 2 aromatic rings. The molecule has 0 bridgehead atoms. The fourth-order valence-electron chi connectivity index (χ4n) is 2.34. The molecule has 2 heterocycles. The van der Waals surface area contributed by atoms with Crippen LogP contribution in [-0.4, -0.2) is 30.6 Å². The zero-order valence-electron chi connectivity index (χ0n) is 11.3. The van der Waals surface area contributed by atoms with Crippen molar-refractivity contribution in [3.05, 3.63) is 29.3 Å². The van der Waals surface area contributed by atoms with Crippen LogP contribution in [0.5, 0.6) is 0 Å². The van der Waals surface area contributed by atoms with Crippen molar-refractivity contribution in [1.29, 1.82) is 0 Å². The number of aromatic nitrogens is 1. The zero-order valence-corrected chi connectivity index (χ0v) is 12.1. The number of hydrogen-bond acceptors (Lipinski definition) is 4. The van der Waals surface area contributed by atoms with Gasteiger partial charge in [-0.3, -0.25) is 4.79 Å². The normalized spacial score (nSPS) is 18.5. The molecule has 1 aromatic heterocycles. The SMILES string of the molecule is O=C(CCc1nc2ccccc2s1)NC[C@H]1CCOC1. The fraction of sp³-hybridized carbons (Fsp3) is 0.467. The van der Waals surface area contributed by atoms with Gasteiger partial charge in [0.25, 0.3) is 0 Å². The summed E-state index contributed by atoms with van der Waals surface area (Å²) in [7, 11) is 0. The number of rotatable bonds is 5. The Morgan fingerprint density at radius 2 is 2.35 bits per heavy atom. The summed E-state index contributed by atoms with van der Waals surface area (Å²) in [6.07, 6.45) is 2.28. The van der Waals surface area contributed by atoms with Gasteiger partial charge in [0.2, 0.25) is 5.91 Å². The van der Waals surface area contributed by atoms with Crippen molar-refractivity contribution in [1.82, 2.24) is 10.3 Å².